The van der Waals surface area contributed by atoms with E-state index in [0.29, 0.717) is 5.57 Å². The summed E-state index contributed by atoms with van der Waals surface area (Å²) in [5, 5.41) is 12.7. The van der Waals surface area contributed by atoms with E-state index >= 15 is 0 Å². The first-order valence-electron chi connectivity index (χ1n) is 3.92. The second-order valence-electron chi connectivity index (χ2n) is 2.94. The quantitative estimate of drug-likeness (QED) is 0.696. The van der Waals surface area contributed by atoms with E-state index in [0.717, 1.165) is 11.3 Å². The number of rotatable bonds is 2. The zero-order valence-corrected chi connectivity index (χ0v) is 7.90. The van der Waals surface area contributed by atoms with Crippen molar-refractivity contribution in [2.24, 2.45) is 7.05 Å². The second kappa shape index (κ2) is 3.43. The smallest absolute Gasteiger partial charge is 0.331 e. The van der Waals surface area contributed by atoms with Crippen molar-refractivity contribution in [1.29, 1.82) is 0 Å². The van der Waals surface area contributed by atoms with Gasteiger partial charge in [-0.25, -0.2) is 4.79 Å². The first-order valence-corrected chi connectivity index (χ1v) is 3.92. The molecule has 0 amide bonds. The minimum atomic E-state index is -0.900. The molecular weight excluding hydrogens is 168 g/mol. The maximum Gasteiger partial charge on any atom is 0.331 e. The summed E-state index contributed by atoms with van der Waals surface area (Å²) in [5.41, 5.74) is 2.12. The van der Waals surface area contributed by atoms with Crippen molar-refractivity contribution in [3.05, 3.63) is 23.0 Å². The van der Waals surface area contributed by atoms with E-state index in [4.69, 9.17) is 5.11 Å². The van der Waals surface area contributed by atoms with E-state index in [9.17, 15) is 4.79 Å². The van der Waals surface area contributed by atoms with Gasteiger partial charge in [0.15, 0.2) is 0 Å². The first kappa shape index (κ1) is 9.51. The summed E-state index contributed by atoms with van der Waals surface area (Å²) in [6.07, 6.45) is 3.27. The zero-order chi connectivity index (χ0) is 10.0. The van der Waals surface area contributed by atoms with Crippen LogP contribution in [0.1, 0.15) is 18.2 Å². The number of nitrogens with zero attached hydrogens (tertiary/aromatic N) is 2. The largest absolute Gasteiger partial charge is 0.478 e. The van der Waals surface area contributed by atoms with E-state index in [1.165, 1.54) is 0 Å². The van der Waals surface area contributed by atoms with Crippen LogP contribution in [-0.4, -0.2) is 20.9 Å². The van der Waals surface area contributed by atoms with Gasteiger partial charge in [0.2, 0.25) is 0 Å². The highest BCUT2D eigenvalue weighted by Crippen LogP contribution is 2.10. The zero-order valence-electron chi connectivity index (χ0n) is 7.90. The molecule has 0 spiro atoms. The highest BCUT2D eigenvalue weighted by molar-refractivity contribution is 5.91. The SMILES string of the molecule is CC(=Cc1cnn(C)c1C)C(=O)O. The van der Waals surface area contributed by atoms with Crippen molar-refractivity contribution in [2.45, 2.75) is 13.8 Å². The number of aryl methyl sites for hydroxylation is 1. The molecule has 13 heavy (non-hydrogen) atoms. The number of carbonyl (C=O) groups is 1. The molecule has 0 aromatic carbocycles. The van der Waals surface area contributed by atoms with Gasteiger partial charge >= 0.3 is 5.97 Å². The third-order valence-corrected chi connectivity index (χ3v) is 1.98. The molecule has 0 aliphatic rings. The molecule has 0 bridgehead atoms. The summed E-state index contributed by atoms with van der Waals surface area (Å²) >= 11 is 0. The molecule has 0 saturated heterocycles. The lowest BCUT2D eigenvalue weighted by Gasteiger charge is -1.95. The minimum Gasteiger partial charge on any atom is -0.478 e. The lowest BCUT2D eigenvalue weighted by atomic mass is 10.2. The van der Waals surface area contributed by atoms with Crippen molar-refractivity contribution in [2.75, 3.05) is 0 Å². The van der Waals surface area contributed by atoms with Crippen LogP contribution in [0.3, 0.4) is 0 Å². The minimum absolute atomic E-state index is 0.316. The van der Waals surface area contributed by atoms with E-state index in [-0.39, 0.29) is 0 Å². The Labute approximate surface area is 76.5 Å². The molecule has 0 aliphatic carbocycles. The monoisotopic (exact) mass is 180 g/mol. The summed E-state index contributed by atoms with van der Waals surface area (Å²) in [5.74, 6) is -0.900. The van der Waals surface area contributed by atoms with Crippen molar-refractivity contribution in [1.82, 2.24) is 9.78 Å². The van der Waals surface area contributed by atoms with Gasteiger partial charge in [0.1, 0.15) is 0 Å². The summed E-state index contributed by atoms with van der Waals surface area (Å²) in [6.45, 7) is 3.46. The topological polar surface area (TPSA) is 55.1 Å². The molecule has 0 fully saturated rings. The van der Waals surface area contributed by atoms with E-state index in [1.807, 2.05) is 14.0 Å². The highest BCUT2D eigenvalue weighted by atomic mass is 16.4. The fourth-order valence-corrected chi connectivity index (χ4v) is 0.952. The molecule has 1 heterocycles. The Morgan fingerprint density at radius 1 is 1.69 bits per heavy atom. The lowest BCUT2D eigenvalue weighted by molar-refractivity contribution is -0.132. The van der Waals surface area contributed by atoms with Gasteiger partial charge in [-0.15, -0.1) is 0 Å². The second-order valence-corrected chi connectivity index (χ2v) is 2.94. The first-order chi connectivity index (χ1) is 6.02. The number of carboxylic acid groups (broad SMARTS) is 1. The maximum absolute atomic E-state index is 10.5. The Bertz CT molecular complexity index is 364. The van der Waals surface area contributed by atoms with Crippen LogP contribution >= 0.6 is 0 Å². The van der Waals surface area contributed by atoms with Gasteiger partial charge in [-0.1, -0.05) is 0 Å². The summed E-state index contributed by atoms with van der Waals surface area (Å²) in [7, 11) is 1.82. The molecule has 0 radical (unpaired) electrons. The molecule has 4 nitrogen and oxygen atoms in total. The Morgan fingerprint density at radius 2 is 2.31 bits per heavy atom. The fraction of sp³-hybridized carbons (Fsp3) is 0.333. The number of carboxylic acids is 1. The Kier molecular flexibility index (Phi) is 2.51. The van der Waals surface area contributed by atoms with Crippen LogP contribution in [0.5, 0.6) is 0 Å². The lowest BCUT2D eigenvalue weighted by Crippen LogP contribution is -1.96. The molecule has 0 unspecified atom stereocenters. The van der Waals surface area contributed by atoms with Gasteiger partial charge in [-0.05, 0) is 19.9 Å². The predicted molar refractivity (Wildman–Crippen MR) is 49.2 cm³/mol. The van der Waals surface area contributed by atoms with E-state index < -0.39 is 5.97 Å². The number of aromatic nitrogens is 2. The van der Waals surface area contributed by atoms with Gasteiger partial charge in [0.25, 0.3) is 0 Å². The summed E-state index contributed by atoms with van der Waals surface area (Å²) in [4.78, 5) is 10.5. The van der Waals surface area contributed by atoms with Gasteiger partial charge in [0.05, 0.1) is 6.20 Å². The van der Waals surface area contributed by atoms with Gasteiger partial charge in [-0.2, -0.15) is 5.10 Å². The average Bonchev–Trinajstić information content (AvgIpc) is 2.36. The van der Waals surface area contributed by atoms with Crippen molar-refractivity contribution >= 4 is 12.0 Å². The number of aliphatic carboxylic acids is 1. The van der Waals surface area contributed by atoms with Crippen LogP contribution < -0.4 is 0 Å². The normalized spacial score (nSPS) is 11.8. The Morgan fingerprint density at radius 3 is 2.69 bits per heavy atom. The molecule has 4 heteroatoms. The third-order valence-electron chi connectivity index (χ3n) is 1.98. The maximum atomic E-state index is 10.5. The van der Waals surface area contributed by atoms with Gasteiger partial charge in [0, 0.05) is 23.9 Å². The van der Waals surface area contributed by atoms with Crippen LogP contribution in [0.4, 0.5) is 0 Å². The van der Waals surface area contributed by atoms with Crippen molar-refractivity contribution < 1.29 is 9.90 Å². The standard InChI is InChI=1S/C9H12N2O2/c1-6(9(12)13)4-8-5-10-11(3)7(8)2/h4-5H,1-3H3,(H,12,13). The number of hydrogen-bond donors (Lipinski definition) is 1. The fourth-order valence-electron chi connectivity index (χ4n) is 0.952. The van der Waals surface area contributed by atoms with Crippen LogP contribution in [0.25, 0.3) is 6.08 Å². The number of hydrogen-bond acceptors (Lipinski definition) is 2. The average molecular weight is 180 g/mol. The van der Waals surface area contributed by atoms with Crippen molar-refractivity contribution in [3.8, 4) is 0 Å². The van der Waals surface area contributed by atoms with Gasteiger partial charge in [-0.3, -0.25) is 4.68 Å². The molecular formula is C9H12N2O2. The highest BCUT2D eigenvalue weighted by Gasteiger charge is 2.04. The van der Waals surface area contributed by atoms with Crippen LogP contribution in [0.15, 0.2) is 11.8 Å². The molecule has 1 aromatic heterocycles. The molecule has 0 atom stereocenters. The van der Waals surface area contributed by atoms with E-state index in [2.05, 4.69) is 5.10 Å². The Balaban J connectivity index is 3.04. The molecule has 1 N–H and O–H groups in total. The van der Waals surface area contributed by atoms with Crippen LogP contribution in [0.2, 0.25) is 0 Å². The third kappa shape index (κ3) is 1.96. The molecule has 0 aliphatic heterocycles. The summed E-state index contributed by atoms with van der Waals surface area (Å²) < 4.78 is 1.71. The molecule has 70 valence electrons. The molecule has 1 aromatic rings. The Hall–Kier alpha value is -1.58. The molecule has 0 saturated carbocycles. The van der Waals surface area contributed by atoms with Crippen LogP contribution in [-0.2, 0) is 11.8 Å². The van der Waals surface area contributed by atoms with E-state index in [1.54, 1.807) is 23.9 Å². The van der Waals surface area contributed by atoms with Crippen molar-refractivity contribution in [3.63, 3.8) is 0 Å². The van der Waals surface area contributed by atoms with Crippen LogP contribution in [0, 0.1) is 6.92 Å². The van der Waals surface area contributed by atoms with Gasteiger partial charge < -0.3 is 5.11 Å². The predicted octanol–water partition coefficient (Wildman–Crippen LogP) is 1.22. The molecule has 1 rings (SSSR count). The summed E-state index contributed by atoms with van der Waals surface area (Å²) in [6, 6.07) is 0.